The van der Waals surface area contributed by atoms with E-state index in [1.165, 1.54) is 23.6 Å². The third-order valence-electron chi connectivity index (χ3n) is 3.72. The van der Waals surface area contributed by atoms with E-state index >= 15 is 0 Å². The first-order valence-electron chi connectivity index (χ1n) is 6.59. The molecule has 20 heavy (non-hydrogen) atoms. The summed E-state index contributed by atoms with van der Waals surface area (Å²) >= 11 is 1.47. The highest BCUT2D eigenvalue weighted by Gasteiger charge is 2.41. The second kappa shape index (κ2) is 5.90. The highest BCUT2D eigenvalue weighted by atomic mass is 32.2. The number of hydrogen-bond donors (Lipinski definition) is 1. The highest BCUT2D eigenvalue weighted by molar-refractivity contribution is 8.00. The minimum absolute atomic E-state index is 0.00519. The zero-order chi connectivity index (χ0) is 14.9. The molecule has 2 unspecified atom stereocenters. The summed E-state index contributed by atoms with van der Waals surface area (Å²) in [6.45, 7) is 5.29. The van der Waals surface area contributed by atoms with Gasteiger partial charge in [-0.1, -0.05) is 0 Å². The van der Waals surface area contributed by atoms with Crippen molar-refractivity contribution in [2.75, 3.05) is 31.9 Å². The molecule has 0 bridgehead atoms. The molecule has 2 fully saturated rings. The number of urea groups is 1. The number of carbonyl (C=O) groups excluding carboxylic acids is 2. The topological polar surface area (TPSA) is 81.2 Å². The normalized spacial score (nSPS) is 26.8. The molecule has 2 atom stereocenters. The van der Waals surface area contributed by atoms with Crippen molar-refractivity contribution in [2.24, 2.45) is 0 Å². The molecule has 2 rings (SSSR count). The van der Waals surface area contributed by atoms with Crippen molar-refractivity contribution in [1.82, 2.24) is 14.7 Å². The maximum atomic E-state index is 12.5. The van der Waals surface area contributed by atoms with E-state index < -0.39 is 12.0 Å². The molecule has 0 aromatic carbocycles. The molecule has 2 saturated heterocycles. The fourth-order valence-corrected chi connectivity index (χ4v) is 3.66. The second-order valence-electron chi connectivity index (χ2n) is 4.97. The number of rotatable bonds is 1. The van der Waals surface area contributed by atoms with Gasteiger partial charge >= 0.3 is 12.0 Å². The zero-order valence-corrected chi connectivity index (χ0v) is 12.4. The highest BCUT2D eigenvalue weighted by Crippen LogP contribution is 2.30. The van der Waals surface area contributed by atoms with Gasteiger partial charge in [-0.25, -0.2) is 9.59 Å². The van der Waals surface area contributed by atoms with Gasteiger partial charge in [0.15, 0.2) is 0 Å². The lowest BCUT2D eigenvalue weighted by atomic mass is 10.2. The van der Waals surface area contributed by atoms with Gasteiger partial charge in [0, 0.05) is 38.9 Å². The van der Waals surface area contributed by atoms with E-state index in [0.29, 0.717) is 31.9 Å². The lowest BCUT2D eigenvalue weighted by Crippen LogP contribution is -2.56. The first-order chi connectivity index (χ1) is 9.41. The average molecular weight is 301 g/mol. The minimum atomic E-state index is -0.961. The van der Waals surface area contributed by atoms with Crippen molar-refractivity contribution in [1.29, 1.82) is 0 Å². The van der Waals surface area contributed by atoms with E-state index in [4.69, 9.17) is 0 Å². The summed E-state index contributed by atoms with van der Waals surface area (Å²) in [4.78, 5) is 39.7. The average Bonchev–Trinajstić information content (AvgIpc) is 2.80. The van der Waals surface area contributed by atoms with E-state index in [1.807, 2.05) is 6.92 Å². The van der Waals surface area contributed by atoms with Gasteiger partial charge in [0.25, 0.3) is 0 Å². The number of thioether (sulfide) groups is 1. The summed E-state index contributed by atoms with van der Waals surface area (Å²) in [7, 11) is 0. The van der Waals surface area contributed by atoms with Crippen LogP contribution < -0.4 is 0 Å². The summed E-state index contributed by atoms with van der Waals surface area (Å²) in [5, 5.41) is 9.05. The zero-order valence-electron chi connectivity index (χ0n) is 11.6. The summed E-state index contributed by atoms with van der Waals surface area (Å²) in [5.41, 5.74) is 0. The Morgan fingerprint density at radius 1 is 1.10 bits per heavy atom. The van der Waals surface area contributed by atoms with Gasteiger partial charge in [0.2, 0.25) is 5.91 Å². The predicted octanol–water partition coefficient (Wildman–Crippen LogP) is 0.119. The van der Waals surface area contributed by atoms with Crippen LogP contribution in [0.1, 0.15) is 13.8 Å². The van der Waals surface area contributed by atoms with Crippen LogP contribution in [-0.2, 0) is 9.59 Å². The SMILES string of the molecule is CC(=O)N1CCN(C(=O)N2C(C)SCC2C(=O)O)CC1. The summed E-state index contributed by atoms with van der Waals surface area (Å²) in [6.07, 6.45) is 0. The maximum absolute atomic E-state index is 12.5. The molecule has 2 aliphatic rings. The lowest BCUT2D eigenvalue weighted by molar-refractivity contribution is -0.141. The van der Waals surface area contributed by atoms with Gasteiger partial charge in [0.1, 0.15) is 6.04 Å². The second-order valence-corrected chi connectivity index (χ2v) is 6.32. The molecule has 0 spiro atoms. The van der Waals surface area contributed by atoms with E-state index in [9.17, 15) is 19.5 Å². The van der Waals surface area contributed by atoms with E-state index in [0.717, 1.165) is 0 Å². The number of carboxylic acids is 1. The maximum Gasteiger partial charge on any atom is 0.327 e. The molecular formula is C12H19N3O4S. The van der Waals surface area contributed by atoms with Gasteiger partial charge in [-0.2, -0.15) is 0 Å². The quantitative estimate of drug-likeness (QED) is 0.744. The van der Waals surface area contributed by atoms with Gasteiger partial charge in [-0.15, -0.1) is 11.8 Å². The molecule has 3 amide bonds. The molecule has 8 heteroatoms. The third-order valence-corrected chi connectivity index (χ3v) is 4.94. The Morgan fingerprint density at radius 3 is 2.15 bits per heavy atom. The molecule has 0 aromatic heterocycles. The fraction of sp³-hybridized carbons (Fsp3) is 0.750. The molecule has 0 aliphatic carbocycles. The molecule has 0 radical (unpaired) electrons. The Morgan fingerprint density at radius 2 is 1.65 bits per heavy atom. The van der Waals surface area contributed by atoms with E-state index in [1.54, 1.807) is 9.80 Å². The standard InChI is InChI=1S/C12H19N3O4S/c1-8(16)13-3-5-14(6-4-13)12(19)15-9(2)20-7-10(15)11(17)18/h9-10H,3-7H2,1-2H3,(H,17,18). The van der Waals surface area contributed by atoms with Crippen LogP contribution in [0.5, 0.6) is 0 Å². The van der Waals surface area contributed by atoms with Crippen LogP contribution in [0.4, 0.5) is 4.79 Å². The molecule has 0 saturated carbocycles. The monoisotopic (exact) mass is 301 g/mol. The number of amides is 3. The van der Waals surface area contributed by atoms with E-state index in [-0.39, 0.29) is 17.3 Å². The number of hydrogen-bond acceptors (Lipinski definition) is 4. The van der Waals surface area contributed by atoms with Crippen LogP contribution in [0, 0.1) is 0 Å². The molecule has 0 aromatic rings. The van der Waals surface area contributed by atoms with Crippen molar-refractivity contribution in [3.63, 3.8) is 0 Å². The largest absolute Gasteiger partial charge is 0.480 e. The van der Waals surface area contributed by atoms with Crippen LogP contribution in [0.15, 0.2) is 0 Å². The summed E-state index contributed by atoms with van der Waals surface area (Å²) in [6, 6.07) is -0.994. The molecule has 2 aliphatic heterocycles. The molecular weight excluding hydrogens is 282 g/mol. The van der Waals surface area contributed by atoms with E-state index in [2.05, 4.69) is 0 Å². The molecule has 1 N–H and O–H groups in total. The van der Waals surface area contributed by atoms with Crippen LogP contribution in [-0.4, -0.2) is 81.1 Å². The van der Waals surface area contributed by atoms with Crippen molar-refractivity contribution >= 4 is 29.7 Å². The van der Waals surface area contributed by atoms with Crippen molar-refractivity contribution in [3.05, 3.63) is 0 Å². The van der Waals surface area contributed by atoms with Gasteiger partial charge in [-0.3, -0.25) is 9.69 Å². The van der Waals surface area contributed by atoms with Crippen molar-refractivity contribution in [3.8, 4) is 0 Å². The van der Waals surface area contributed by atoms with Crippen molar-refractivity contribution < 1.29 is 19.5 Å². The van der Waals surface area contributed by atoms with Crippen LogP contribution >= 0.6 is 11.8 Å². The molecule has 112 valence electrons. The Labute approximate surface area is 121 Å². The number of piperazine rings is 1. The predicted molar refractivity (Wildman–Crippen MR) is 74.4 cm³/mol. The van der Waals surface area contributed by atoms with Gasteiger partial charge < -0.3 is 14.9 Å². The van der Waals surface area contributed by atoms with Crippen LogP contribution in [0.2, 0.25) is 0 Å². The summed E-state index contributed by atoms with van der Waals surface area (Å²) in [5.74, 6) is -0.529. The molecule has 7 nitrogen and oxygen atoms in total. The smallest absolute Gasteiger partial charge is 0.327 e. The third kappa shape index (κ3) is 2.84. The first kappa shape index (κ1) is 15.0. The Bertz CT molecular complexity index is 423. The number of carboxylic acid groups (broad SMARTS) is 1. The van der Waals surface area contributed by atoms with Crippen LogP contribution in [0.25, 0.3) is 0 Å². The molecule has 2 heterocycles. The lowest BCUT2D eigenvalue weighted by Gasteiger charge is -2.38. The Hall–Kier alpha value is -1.44. The minimum Gasteiger partial charge on any atom is -0.480 e. The van der Waals surface area contributed by atoms with Crippen molar-refractivity contribution in [2.45, 2.75) is 25.3 Å². The number of nitrogens with zero attached hydrogens (tertiary/aromatic N) is 3. The number of carbonyl (C=O) groups is 3. The Balaban J connectivity index is 2.01. The van der Waals surface area contributed by atoms with Crippen LogP contribution in [0.3, 0.4) is 0 Å². The van der Waals surface area contributed by atoms with Gasteiger partial charge in [0.05, 0.1) is 5.37 Å². The summed E-state index contributed by atoms with van der Waals surface area (Å²) < 4.78 is 0. The first-order valence-corrected chi connectivity index (χ1v) is 7.64. The Kier molecular flexibility index (Phi) is 4.42. The number of aliphatic carboxylic acids is 1. The fourth-order valence-electron chi connectivity index (χ4n) is 2.50. The van der Waals surface area contributed by atoms with Gasteiger partial charge in [-0.05, 0) is 6.92 Å².